The fraction of sp³-hybridized carbons (Fsp3) is 0. The second kappa shape index (κ2) is 16.0. The molecular formula is H6LaSn3. The summed E-state index contributed by atoms with van der Waals surface area (Å²) < 4.78 is 0. The molecule has 0 aromatic carbocycles. The quantitative estimate of drug-likeness (QED) is 0.317. The van der Waals surface area contributed by atoms with Crippen LogP contribution in [0, 0.1) is 35.6 Å². The molecule has 0 N–H and O–H groups in total. The molecule has 0 nitrogen and oxygen atoms in total. The van der Waals surface area contributed by atoms with E-state index >= 15 is 0 Å². The van der Waals surface area contributed by atoms with E-state index in [1.165, 1.54) is 0 Å². The van der Waals surface area contributed by atoms with Crippen molar-refractivity contribution in [3.05, 3.63) is 0 Å². The van der Waals surface area contributed by atoms with Crippen LogP contribution in [0.15, 0.2) is 0 Å². The molecule has 0 aliphatic carbocycles. The Balaban J connectivity index is 0. The van der Waals surface area contributed by atoms with E-state index in [0.717, 1.165) is 0 Å². The van der Waals surface area contributed by atoms with Crippen LogP contribution < -0.4 is 0 Å². The van der Waals surface area contributed by atoms with E-state index in [2.05, 4.69) is 0 Å². The van der Waals surface area contributed by atoms with Crippen LogP contribution in [0.2, 0.25) is 0 Å². The van der Waals surface area contributed by atoms with Crippen LogP contribution in [0.4, 0.5) is 0 Å². The van der Waals surface area contributed by atoms with Crippen LogP contribution >= 0.6 is 0 Å². The van der Waals surface area contributed by atoms with Gasteiger partial charge in [0.2, 0.25) is 0 Å². The van der Waals surface area contributed by atoms with Gasteiger partial charge in [0.25, 0.3) is 0 Å². The first-order valence-corrected chi connectivity index (χ1v) is 0. The molecule has 0 unspecified atom stereocenters. The minimum absolute atomic E-state index is 0. The maximum atomic E-state index is 0. The second-order valence-corrected chi connectivity index (χ2v) is 0. The summed E-state index contributed by atoms with van der Waals surface area (Å²) in [7, 11) is 0. The summed E-state index contributed by atoms with van der Waals surface area (Å²) in [6.45, 7) is 0. The molecule has 0 saturated carbocycles. The Bertz CT molecular complexity index is 3.25. The van der Waals surface area contributed by atoms with Crippen molar-refractivity contribution in [2.45, 2.75) is 0 Å². The number of hydrogen-bond donors (Lipinski definition) is 0. The molecule has 0 aromatic rings. The molecule has 0 bridgehead atoms. The van der Waals surface area contributed by atoms with Gasteiger partial charge in [0.1, 0.15) is 0 Å². The Morgan fingerprint density at radius 1 is 0.500 bits per heavy atom. The van der Waals surface area contributed by atoms with Crippen LogP contribution in [0.3, 0.4) is 0 Å². The summed E-state index contributed by atoms with van der Waals surface area (Å²) in [4.78, 5) is 0. The summed E-state index contributed by atoms with van der Waals surface area (Å²) in [5.41, 5.74) is 0. The van der Waals surface area contributed by atoms with Gasteiger partial charge < -0.3 is 0 Å². The van der Waals surface area contributed by atoms with E-state index in [9.17, 15) is 0 Å². The number of hydrogen-bond acceptors (Lipinski definition) is 0. The predicted octanol–water partition coefficient (Wildman–Crippen LogP) is -2.75. The van der Waals surface area contributed by atoms with Crippen molar-refractivity contribution in [1.29, 1.82) is 0 Å². The second-order valence-electron chi connectivity index (χ2n) is 0. The molecule has 0 aliphatic heterocycles. The molecule has 0 atom stereocenters. The molecule has 0 rings (SSSR count). The van der Waals surface area contributed by atoms with Crippen LogP contribution in [0.1, 0.15) is 0 Å². The van der Waals surface area contributed by atoms with Crippen LogP contribution in [0.5, 0.6) is 0 Å². The van der Waals surface area contributed by atoms with E-state index in [1.54, 1.807) is 0 Å². The van der Waals surface area contributed by atoms with E-state index in [-0.39, 0.29) is 107 Å². The summed E-state index contributed by atoms with van der Waals surface area (Å²) in [6, 6.07) is 0. The molecule has 0 heterocycles. The average molecular weight is 501 g/mol. The summed E-state index contributed by atoms with van der Waals surface area (Å²) in [6.07, 6.45) is 0. The van der Waals surface area contributed by atoms with Crippen molar-refractivity contribution in [3.63, 3.8) is 0 Å². The SMILES string of the molecule is [La].[SnH2].[SnH2].[SnH2]. The van der Waals surface area contributed by atoms with Crippen molar-refractivity contribution in [2.75, 3.05) is 0 Å². The first-order valence-electron chi connectivity index (χ1n) is 0. The summed E-state index contributed by atoms with van der Waals surface area (Å²) >= 11 is 0. The van der Waals surface area contributed by atoms with Crippen molar-refractivity contribution in [2.24, 2.45) is 0 Å². The number of rotatable bonds is 0. The Labute approximate surface area is 105 Å². The Kier molecular flexibility index (Phi) is 102. The van der Waals surface area contributed by atoms with Gasteiger partial charge in [-0.15, -0.1) is 0 Å². The first-order chi connectivity index (χ1) is 0. The Morgan fingerprint density at radius 3 is 0.500 bits per heavy atom. The molecule has 4 heavy (non-hydrogen) atoms. The van der Waals surface area contributed by atoms with Gasteiger partial charge in [-0.05, 0) is 0 Å². The third kappa shape index (κ3) is 9.14. The average Bonchev–Trinajstić information content (AvgIpc) is 0. The predicted molar refractivity (Wildman–Crippen MR) is 25.6 cm³/mol. The van der Waals surface area contributed by atoms with E-state index < -0.39 is 0 Å². The maximum absolute atomic E-state index is 0. The molecule has 7 radical (unpaired) electrons. The Hall–Kier alpha value is 3.59. The summed E-state index contributed by atoms with van der Waals surface area (Å²) in [5.74, 6) is 0. The van der Waals surface area contributed by atoms with Crippen molar-refractivity contribution in [1.82, 2.24) is 0 Å². The molecule has 0 amide bonds. The van der Waals surface area contributed by atoms with Gasteiger partial charge in [-0.1, -0.05) is 0 Å². The normalized spacial score (nSPS) is 0. The van der Waals surface area contributed by atoms with Crippen LogP contribution in [0.25, 0.3) is 0 Å². The standard InChI is InChI=1S/La.3Sn.6H. The third-order valence-electron chi connectivity index (χ3n) is 0. The minimum atomic E-state index is 0. The van der Waals surface area contributed by atoms with Gasteiger partial charge in [0, 0.05) is 35.6 Å². The van der Waals surface area contributed by atoms with E-state index in [4.69, 9.17) is 0 Å². The zero-order chi connectivity index (χ0) is 0. The molecule has 0 saturated heterocycles. The molecule has 21 valence electrons. The van der Waals surface area contributed by atoms with Crippen molar-refractivity contribution >= 4 is 71.7 Å². The third-order valence-corrected chi connectivity index (χ3v) is 0. The van der Waals surface area contributed by atoms with Gasteiger partial charge >= 0.3 is 71.7 Å². The first kappa shape index (κ1) is 25.6. The van der Waals surface area contributed by atoms with Gasteiger partial charge in [0.15, 0.2) is 0 Å². The molecule has 0 aliphatic rings. The fourth-order valence-electron chi connectivity index (χ4n) is 0. The molecule has 0 fully saturated rings. The molecule has 0 spiro atoms. The van der Waals surface area contributed by atoms with Crippen molar-refractivity contribution in [3.8, 4) is 0 Å². The van der Waals surface area contributed by atoms with Crippen LogP contribution in [-0.2, 0) is 0 Å². The van der Waals surface area contributed by atoms with E-state index in [0.29, 0.717) is 0 Å². The van der Waals surface area contributed by atoms with Gasteiger partial charge in [-0.3, -0.25) is 0 Å². The molecular weight excluding hydrogens is 495 g/mol. The molecule has 0 aromatic heterocycles. The molecule has 4 heteroatoms. The fourth-order valence-corrected chi connectivity index (χ4v) is 0. The van der Waals surface area contributed by atoms with E-state index in [1.807, 2.05) is 0 Å². The topological polar surface area (TPSA) is 0 Å². The zero-order valence-corrected chi connectivity index (χ0v) is 18.4. The van der Waals surface area contributed by atoms with Gasteiger partial charge in [0.05, 0.1) is 0 Å². The van der Waals surface area contributed by atoms with Gasteiger partial charge in [-0.25, -0.2) is 0 Å². The summed E-state index contributed by atoms with van der Waals surface area (Å²) in [5, 5.41) is 0. The zero-order valence-electron chi connectivity index (χ0n) is 2.70. The Morgan fingerprint density at radius 2 is 0.500 bits per heavy atom. The van der Waals surface area contributed by atoms with Gasteiger partial charge in [-0.2, -0.15) is 0 Å². The van der Waals surface area contributed by atoms with Crippen LogP contribution in [-0.4, -0.2) is 71.7 Å². The monoisotopic (exact) mass is 505 g/mol. The van der Waals surface area contributed by atoms with Crippen molar-refractivity contribution < 1.29 is 35.6 Å².